The molecule has 0 aliphatic carbocycles. The largest absolute Gasteiger partial charge is 0.482 e. The molecule has 26 heavy (non-hydrogen) atoms. The van der Waals surface area contributed by atoms with Gasteiger partial charge in [-0.25, -0.2) is 4.79 Å². The van der Waals surface area contributed by atoms with Crippen LogP contribution in [0.3, 0.4) is 0 Å². The third-order valence-electron chi connectivity index (χ3n) is 4.52. The van der Waals surface area contributed by atoms with Gasteiger partial charge < -0.3 is 14.0 Å². The highest BCUT2D eigenvalue weighted by molar-refractivity contribution is 5.99. The third kappa shape index (κ3) is 4.75. The van der Waals surface area contributed by atoms with Crippen LogP contribution in [0, 0.1) is 13.8 Å². The zero-order valence-corrected chi connectivity index (χ0v) is 16.4. The summed E-state index contributed by atoms with van der Waals surface area (Å²) >= 11 is 0. The lowest BCUT2D eigenvalue weighted by Gasteiger charge is -2.19. The topological polar surface area (TPSA) is 57.5 Å². The number of hydrogen-bond donors (Lipinski definition) is 0. The van der Waals surface area contributed by atoms with Gasteiger partial charge in [0, 0.05) is 24.0 Å². The number of aryl methyl sites for hydroxylation is 1. The molecule has 0 saturated heterocycles. The van der Waals surface area contributed by atoms with Gasteiger partial charge in [-0.3, -0.25) is 4.79 Å². The van der Waals surface area contributed by atoms with Crippen molar-refractivity contribution in [3.05, 3.63) is 52.8 Å². The number of aromatic nitrogens is 1. The quantitative estimate of drug-likeness (QED) is 0.584. The van der Waals surface area contributed by atoms with E-state index in [4.69, 9.17) is 9.47 Å². The van der Waals surface area contributed by atoms with Crippen LogP contribution in [0.2, 0.25) is 0 Å². The van der Waals surface area contributed by atoms with E-state index in [9.17, 15) is 9.59 Å². The van der Waals surface area contributed by atoms with E-state index in [2.05, 4.69) is 20.8 Å². The maximum Gasteiger partial charge on any atom is 0.344 e. The predicted molar refractivity (Wildman–Crippen MR) is 101 cm³/mol. The van der Waals surface area contributed by atoms with Crippen LogP contribution in [0.1, 0.15) is 48.1 Å². The van der Waals surface area contributed by atoms with Crippen LogP contribution >= 0.6 is 0 Å². The number of carbonyl (C=O) groups is 2. The standard InChI is InChI=1S/C21H27NO4/c1-14-11-18(15(2)22(14)6)19(23)12-26-20(24)13-25-17-9-7-16(8-10-17)21(3,4)5/h7-11H,12-13H2,1-6H3. The molecule has 0 aliphatic rings. The van der Waals surface area contributed by atoms with Crippen molar-refractivity contribution >= 4 is 11.8 Å². The Morgan fingerprint density at radius 2 is 1.65 bits per heavy atom. The van der Waals surface area contributed by atoms with Crippen molar-refractivity contribution in [2.75, 3.05) is 13.2 Å². The lowest BCUT2D eigenvalue weighted by atomic mass is 9.87. The lowest BCUT2D eigenvalue weighted by Crippen LogP contribution is -2.20. The Kier molecular flexibility index (Phi) is 5.90. The number of benzene rings is 1. The second-order valence-corrected chi connectivity index (χ2v) is 7.49. The minimum absolute atomic E-state index is 0.0613. The summed E-state index contributed by atoms with van der Waals surface area (Å²) in [7, 11) is 1.90. The Morgan fingerprint density at radius 1 is 1.04 bits per heavy atom. The summed E-state index contributed by atoms with van der Waals surface area (Å²) in [5.74, 6) is -0.187. The fraction of sp³-hybridized carbons (Fsp3) is 0.429. The van der Waals surface area contributed by atoms with Gasteiger partial charge in [-0.15, -0.1) is 0 Å². The number of nitrogens with zero attached hydrogens (tertiary/aromatic N) is 1. The zero-order chi connectivity index (χ0) is 19.5. The number of ether oxygens (including phenoxy) is 2. The van der Waals surface area contributed by atoms with E-state index in [1.54, 1.807) is 6.07 Å². The van der Waals surface area contributed by atoms with Crippen LogP contribution in [0.15, 0.2) is 30.3 Å². The Balaban J connectivity index is 1.83. The molecule has 5 nitrogen and oxygen atoms in total. The van der Waals surface area contributed by atoms with Gasteiger partial charge in [-0.05, 0) is 43.0 Å². The molecule has 2 aromatic rings. The van der Waals surface area contributed by atoms with Crippen LogP contribution in [0.25, 0.3) is 0 Å². The minimum atomic E-state index is -0.566. The summed E-state index contributed by atoms with van der Waals surface area (Å²) in [5.41, 5.74) is 3.67. The van der Waals surface area contributed by atoms with Crippen LogP contribution in [-0.2, 0) is 22.0 Å². The fourth-order valence-corrected chi connectivity index (χ4v) is 2.60. The van der Waals surface area contributed by atoms with Crippen LogP contribution in [0.4, 0.5) is 0 Å². The maximum absolute atomic E-state index is 12.2. The van der Waals surface area contributed by atoms with Crippen molar-refractivity contribution in [3.63, 3.8) is 0 Å². The normalized spacial score (nSPS) is 11.3. The predicted octanol–water partition coefficient (Wildman–Crippen LogP) is 3.74. The zero-order valence-electron chi connectivity index (χ0n) is 16.4. The van der Waals surface area contributed by atoms with E-state index in [-0.39, 0.29) is 24.4 Å². The van der Waals surface area contributed by atoms with Crippen molar-refractivity contribution in [1.82, 2.24) is 4.57 Å². The van der Waals surface area contributed by atoms with Gasteiger partial charge >= 0.3 is 5.97 Å². The molecule has 0 unspecified atom stereocenters. The number of ketones is 1. The lowest BCUT2D eigenvalue weighted by molar-refractivity contribution is -0.144. The average Bonchev–Trinajstić information content (AvgIpc) is 2.85. The molecule has 2 rings (SSSR count). The molecule has 0 N–H and O–H groups in total. The number of hydrogen-bond acceptors (Lipinski definition) is 4. The van der Waals surface area contributed by atoms with E-state index in [1.165, 1.54) is 5.56 Å². The van der Waals surface area contributed by atoms with Gasteiger partial charge in [0.25, 0.3) is 0 Å². The second kappa shape index (κ2) is 7.77. The van der Waals surface area contributed by atoms with E-state index in [0.29, 0.717) is 11.3 Å². The van der Waals surface area contributed by atoms with Gasteiger partial charge in [0.15, 0.2) is 13.2 Å². The van der Waals surface area contributed by atoms with Crippen molar-refractivity contribution in [3.8, 4) is 5.75 Å². The van der Waals surface area contributed by atoms with Crippen molar-refractivity contribution in [1.29, 1.82) is 0 Å². The molecule has 1 heterocycles. The Labute approximate surface area is 154 Å². The molecular formula is C21H27NO4. The van der Waals surface area contributed by atoms with Crippen LogP contribution in [0.5, 0.6) is 5.75 Å². The van der Waals surface area contributed by atoms with Gasteiger partial charge in [0.2, 0.25) is 5.78 Å². The SMILES string of the molecule is Cc1cc(C(=O)COC(=O)COc2ccc(C(C)(C)C)cc2)c(C)n1C. The van der Waals surface area contributed by atoms with Crippen molar-refractivity contribution < 1.29 is 19.1 Å². The summed E-state index contributed by atoms with van der Waals surface area (Å²) in [6.07, 6.45) is 0. The molecule has 0 amide bonds. The Morgan fingerprint density at radius 3 is 2.15 bits per heavy atom. The third-order valence-corrected chi connectivity index (χ3v) is 4.52. The van der Waals surface area contributed by atoms with E-state index in [1.807, 2.05) is 49.7 Å². The number of Topliss-reactive ketones (excluding diaryl/α,β-unsaturated/α-hetero) is 1. The highest BCUT2D eigenvalue weighted by Crippen LogP contribution is 2.24. The molecule has 0 fully saturated rings. The molecule has 140 valence electrons. The first-order chi connectivity index (χ1) is 12.1. The molecule has 0 radical (unpaired) electrons. The minimum Gasteiger partial charge on any atom is -0.482 e. The van der Waals surface area contributed by atoms with E-state index >= 15 is 0 Å². The Bertz CT molecular complexity index is 795. The maximum atomic E-state index is 12.2. The first kappa shape index (κ1) is 19.8. The highest BCUT2D eigenvalue weighted by atomic mass is 16.6. The first-order valence-electron chi connectivity index (χ1n) is 8.64. The monoisotopic (exact) mass is 357 g/mol. The highest BCUT2D eigenvalue weighted by Gasteiger charge is 2.16. The van der Waals surface area contributed by atoms with Gasteiger partial charge in [0.1, 0.15) is 5.75 Å². The van der Waals surface area contributed by atoms with Crippen molar-refractivity contribution in [2.45, 2.75) is 40.0 Å². The molecule has 0 spiro atoms. The number of carbonyl (C=O) groups excluding carboxylic acids is 2. The molecule has 0 bridgehead atoms. The molecular weight excluding hydrogens is 330 g/mol. The first-order valence-corrected chi connectivity index (χ1v) is 8.64. The number of rotatable bonds is 6. The van der Waals surface area contributed by atoms with E-state index in [0.717, 1.165) is 11.4 Å². The summed E-state index contributed by atoms with van der Waals surface area (Å²) in [4.78, 5) is 24.0. The van der Waals surface area contributed by atoms with Crippen molar-refractivity contribution in [2.24, 2.45) is 7.05 Å². The molecule has 1 aromatic carbocycles. The smallest absolute Gasteiger partial charge is 0.344 e. The molecule has 0 atom stereocenters. The summed E-state index contributed by atoms with van der Waals surface area (Å²) in [6.45, 7) is 9.68. The molecule has 1 aromatic heterocycles. The molecule has 0 saturated carbocycles. The van der Waals surface area contributed by atoms with Crippen LogP contribution < -0.4 is 4.74 Å². The average molecular weight is 357 g/mol. The molecule has 0 aliphatic heterocycles. The number of esters is 1. The van der Waals surface area contributed by atoms with Gasteiger partial charge in [-0.1, -0.05) is 32.9 Å². The van der Waals surface area contributed by atoms with Crippen LogP contribution in [-0.4, -0.2) is 29.5 Å². The van der Waals surface area contributed by atoms with Gasteiger partial charge in [0.05, 0.1) is 0 Å². The molecule has 5 heteroatoms. The van der Waals surface area contributed by atoms with Gasteiger partial charge in [-0.2, -0.15) is 0 Å². The second-order valence-electron chi connectivity index (χ2n) is 7.49. The van der Waals surface area contributed by atoms with E-state index < -0.39 is 5.97 Å². The fourth-order valence-electron chi connectivity index (χ4n) is 2.60. The summed E-state index contributed by atoms with van der Waals surface area (Å²) < 4.78 is 12.4. The summed E-state index contributed by atoms with van der Waals surface area (Å²) in [6, 6.07) is 9.42. The Hall–Kier alpha value is -2.56. The summed E-state index contributed by atoms with van der Waals surface area (Å²) in [5, 5.41) is 0.